The SMILES string of the molecule is CCOC(=O)Nc1nc(CC(=O)Nc2cccc3nsnc23)cs1. The van der Waals surface area contributed by atoms with Crippen molar-refractivity contribution in [3.63, 3.8) is 0 Å². The zero-order valence-corrected chi connectivity index (χ0v) is 14.2. The van der Waals surface area contributed by atoms with E-state index in [1.807, 2.05) is 12.1 Å². The fraction of sp³-hybridized carbons (Fsp3) is 0.214. The summed E-state index contributed by atoms with van der Waals surface area (Å²) in [5, 5.41) is 7.42. The molecule has 124 valence electrons. The van der Waals surface area contributed by atoms with Gasteiger partial charge in [-0.15, -0.1) is 11.3 Å². The van der Waals surface area contributed by atoms with Gasteiger partial charge >= 0.3 is 6.09 Å². The number of ether oxygens (including phenoxy) is 1. The topological polar surface area (TPSA) is 106 Å². The Bertz CT molecular complexity index is 876. The lowest BCUT2D eigenvalue weighted by atomic mass is 10.2. The van der Waals surface area contributed by atoms with E-state index in [2.05, 4.69) is 24.4 Å². The van der Waals surface area contributed by atoms with Crippen LogP contribution >= 0.6 is 23.1 Å². The van der Waals surface area contributed by atoms with Crippen LogP contribution in [0.1, 0.15) is 12.6 Å². The summed E-state index contributed by atoms with van der Waals surface area (Å²) in [6, 6.07) is 5.42. The maximum Gasteiger partial charge on any atom is 0.413 e. The van der Waals surface area contributed by atoms with Crippen LogP contribution in [0, 0.1) is 0 Å². The first-order chi connectivity index (χ1) is 11.7. The molecule has 0 bridgehead atoms. The standard InChI is InChI=1S/C14H13N5O3S2/c1-2-22-14(21)17-13-15-8(7-23-13)6-11(20)16-9-4-3-5-10-12(9)19-24-18-10/h3-5,7H,2,6H2,1H3,(H,16,20)(H,15,17,21). The Kier molecular flexibility index (Phi) is 4.96. The molecule has 2 N–H and O–H groups in total. The molecule has 0 spiro atoms. The lowest BCUT2D eigenvalue weighted by molar-refractivity contribution is -0.115. The van der Waals surface area contributed by atoms with Gasteiger partial charge in [0.05, 0.1) is 36.1 Å². The van der Waals surface area contributed by atoms with Crippen molar-refractivity contribution in [1.29, 1.82) is 0 Å². The predicted molar refractivity (Wildman–Crippen MR) is 92.5 cm³/mol. The average molecular weight is 363 g/mol. The van der Waals surface area contributed by atoms with Crippen molar-refractivity contribution in [3.05, 3.63) is 29.3 Å². The summed E-state index contributed by atoms with van der Waals surface area (Å²) in [6.07, 6.45) is -0.472. The number of fused-ring (bicyclic) bond motifs is 1. The Labute approximate surface area is 145 Å². The van der Waals surface area contributed by atoms with Gasteiger partial charge < -0.3 is 10.1 Å². The lowest BCUT2D eigenvalue weighted by Crippen LogP contribution is -2.15. The van der Waals surface area contributed by atoms with Crippen molar-refractivity contribution >= 4 is 56.9 Å². The van der Waals surface area contributed by atoms with Crippen molar-refractivity contribution in [2.75, 3.05) is 17.2 Å². The Balaban J connectivity index is 1.62. The maximum atomic E-state index is 12.2. The van der Waals surface area contributed by atoms with Gasteiger partial charge in [-0.25, -0.2) is 9.78 Å². The minimum atomic E-state index is -0.564. The number of nitrogens with zero attached hydrogens (tertiary/aromatic N) is 3. The van der Waals surface area contributed by atoms with E-state index >= 15 is 0 Å². The molecule has 0 atom stereocenters. The molecule has 10 heteroatoms. The first kappa shape index (κ1) is 16.3. The fourth-order valence-electron chi connectivity index (χ4n) is 1.97. The largest absolute Gasteiger partial charge is 0.450 e. The van der Waals surface area contributed by atoms with Crippen LogP contribution in [0.15, 0.2) is 23.6 Å². The van der Waals surface area contributed by atoms with E-state index in [1.165, 1.54) is 11.3 Å². The minimum absolute atomic E-state index is 0.0922. The van der Waals surface area contributed by atoms with Gasteiger partial charge in [-0.1, -0.05) is 6.07 Å². The predicted octanol–water partition coefficient (Wildman–Crippen LogP) is 2.90. The molecule has 0 saturated carbocycles. The molecule has 0 saturated heterocycles. The highest BCUT2D eigenvalue weighted by atomic mass is 32.1. The first-order valence-electron chi connectivity index (χ1n) is 7.05. The normalized spacial score (nSPS) is 10.5. The van der Waals surface area contributed by atoms with Gasteiger partial charge in [0.1, 0.15) is 11.0 Å². The van der Waals surface area contributed by atoms with Crippen LogP contribution in [0.4, 0.5) is 15.6 Å². The van der Waals surface area contributed by atoms with Gasteiger partial charge in [0.2, 0.25) is 5.91 Å². The van der Waals surface area contributed by atoms with Crippen LogP contribution in [0.5, 0.6) is 0 Å². The molecule has 0 aliphatic carbocycles. The van der Waals surface area contributed by atoms with E-state index in [9.17, 15) is 9.59 Å². The zero-order valence-electron chi connectivity index (χ0n) is 12.6. The molecule has 0 fully saturated rings. The molecule has 0 radical (unpaired) electrons. The van der Waals surface area contributed by atoms with Gasteiger partial charge in [-0.05, 0) is 19.1 Å². The summed E-state index contributed by atoms with van der Waals surface area (Å²) in [5.41, 5.74) is 2.59. The van der Waals surface area contributed by atoms with Crippen LogP contribution in [-0.2, 0) is 16.0 Å². The summed E-state index contributed by atoms with van der Waals surface area (Å²) in [4.78, 5) is 27.7. The third-order valence-electron chi connectivity index (χ3n) is 2.94. The summed E-state index contributed by atoms with van der Waals surface area (Å²) in [7, 11) is 0. The number of anilines is 2. The second-order valence-corrected chi connectivity index (χ2v) is 6.04. The third-order valence-corrected chi connectivity index (χ3v) is 4.29. The number of amides is 2. The van der Waals surface area contributed by atoms with Crippen molar-refractivity contribution in [1.82, 2.24) is 13.7 Å². The molecule has 24 heavy (non-hydrogen) atoms. The first-order valence-corrected chi connectivity index (χ1v) is 8.66. The Morgan fingerprint density at radius 1 is 1.25 bits per heavy atom. The molecule has 3 rings (SSSR count). The van der Waals surface area contributed by atoms with Crippen LogP contribution in [0.2, 0.25) is 0 Å². The highest BCUT2D eigenvalue weighted by molar-refractivity contribution is 7.13. The number of hydrogen-bond donors (Lipinski definition) is 2. The van der Waals surface area contributed by atoms with E-state index in [4.69, 9.17) is 4.74 Å². The van der Waals surface area contributed by atoms with Crippen LogP contribution in [0.25, 0.3) is 11.0 Å². The Morgan fingerprint density at radius 3 is 2.96 bits per heavy atom. The summed E-state index contributed by atoms with van der Waals surface area (Å²) in [6.45, 7) is 2.00. The minimum Gasteiger partial charge on any atom is -0.450 e. The fourth-order valence-corrected chi connectivity index (χ4v) is 3.21. The molecular formula is C14H13N5O3S2. The van der Waals surface area contributed by atoms with Crippen molar-refractivity contribution < 1.29 is 14.3 Å². The highest BCUT2D eigenvalue weighted by Gasteiger charge is 2.12. The molecule has 2 amide bonds. The molecule has 1 aromatic carbocycles. The van der Waals surface area contributed by atoms with Gasteiger partial charge in [0.25, 0.3) is 0 Å². The number of carbonyl (C=O) groups is 2. The van der Waals surface area contributed by atoms with Crippen molar-refractivity contribution in [3.8, 4) is 0 Å². The van der Waals surface area contributed by atoms with Crippen molar-refractivity contribution in [2.24, 2.45) is 0 Å². The molecule has 3 aromatic rings. The van der Waals surface area contributed by atoms with Gasteiger partial charge in [0, 0.05) is 5.38 Å². The summed E-state index contributed by atoms with van der Waals surface area (Å²) >= 11 is 2.33. The highest BCUT2D eigenvalue weighted by Crippen LogP contribution is 2.22. The number of carbonyl (C=O) groups excluding carboxylic acids is 2. The molecule has 0 aliphatic rings. The zero-order chi connectivity index (χ0) is 16.9. The number of aromatic nitrogens is 3. The van der Waals surface area contributed by atoms with Gasteiger partial charge in [-0.3, -0.25) is 10.1 Å². The van der Waals surface area contributed by atoms with Crippen LogP contribution in [0.3, 0.4) is 0 Å². The number of benzene rings is 1. The van der Waals surface area contributed by atoms with E-state index in [0.717, 1.165) is 17.2 Å². The van der Waals surface area contributed by atoms with Crippen molar-refractivity contribution in [2.45, 2.75) is 13.3 Å². The number of thiazole rings is 1. The molecular weight excluding hydrogens is 350 g/mol. The smallest absolute Gasteiger partial charge is 0.413 e. The lowest BCUT2D eigenvalue weighted by Gasteiger charge is -2.04. The number of nitrogens with one attached hydrogen (secondary N) is 2. The molecule has 0 aliphatic heterocycles. The summed E-state index contributed by atoms with van der Waals surface area (Å²) in [5.74, 6) is -0.219. The second-order valence-electron chi connectivity index (χ2n) is 4.65. The molecule has 0 unspecified atom stereocenters. The van der Waals surface area contributed by atoms with E-state index < -0.39 is 6.09 Å². The number of hydrogen-bond acceptors (Lipinski definition) is 8. The third kappa shape index (κ3) is 3.84. The molecule has 2 aromatic heterocycles. The van der Waals surface area contributed by atoms with E-state index in [1.54, 1.807) is 18.4 Å². The summed E-state index contributed by atoms with van der Waals surface area (Å²) < 4.78 is 13.1. The Hall–Kier alpha value is -2.59. The van der Waals surface area contributed by atoms with E-state index in [-0.39, 0.29) is 18.9 Å². The average Bonchev–Trinajstić information content (AvgIpc) is 3.17. The molecule has 2 heterocycles. The monoisotopic (exact) mass is 363 g/mol. The quantitative estimate of drug-likeness (QED) is 0.722. The molecule has 8 nitrogen and oxygen atoms in total. The van der Waals surface area contributed by atoms with E-state index in [0.29, 0.717) is 22.0 Å². The number of rotatable bonds is 5. The van der Waals surface area contributed by atoms with Crippen LogP contribution < -0.4 is 10.6 Å². The van der Waals surface area contributed by atoms with Gasteiger partial charge in [0.15, 0.2) is 5.13 Å². The Morgan fingerprint density at radius 2 is 2.12 bits per heavy atom. The maximum absolute atomic E-state index is 12.2. The van der Waals surface area contributed by atoms with Crippen LogP contribution in [-0.4, -0.2) is 32.3 Å². The van der Waals surface area contributed by atoms with Gasteiger partial charge in [-0.2, -0.15) is 8.75 Å². The second kappa shape index (κ2) is 7.32.